The highest BCUT2D eigenvalue weighted by Gasteiger charge is 2.11. The maximum Gasteiger partial charge on any atom is 0.146 e. The van der Waals surface area contributed by atoms with Crippen LogP contribution in [-0.4, -0.2) is 14.9 Å². The molecule has 2 heterocycles. The molecule has 17 heavy (non-hydrogen) atoms. The monoisotopic (exact) mass is 245 g/mol. The third-order valence-electron chi connectivity index (χ3n) is 2.67. The fraction of sp³-hybridized carbons (Fsp3) is 0.0833. The molecular weight excluding hydrogens is 234 g/mol. The van der Waals surface area contributed by atoms with Gasteiger partial charge in [0.1, 0.15) is 11.6 Å². The number of thiophene rings is 1. The van der Waals surface area contributed by atoms with E-state index in [-0.39, 0.29) is 0 Å². The van der Waals surface area contributed by atoms with Gasteiger partial charge in [-0.25, -0.2) is 0 Å². The number of hydrogen-bond acceptors (Lipinski definition) is 4. The Morgan fingerprint density at radius 3 is 2.82 bits per heavy atom. The molecule has 0 aliphatic rings. The Labute approximate surface area is 102 Å². The molecule has 0 saturated carbocycles. The quantitative estimate of drug-likeness (QED) is 0.692. The van der Waals surface area contributed by atoms with Crippen molar-refractivity contribution < 1.29 is 5.11 Å². The predicted octanol–water partition coefficient (Wildman–Crippen LogP) is 2.59. The van der Waals surface area contributed by atoms with E-state index in [0.717, 1.165) is 20.7 Å². The van der Waals surface area contributed by atoms with Crippen molar-refractivity contribution in [2.75, 3.05) is 5.73 Å². The average molecular weight is 245 g/mol. The van der Waals surface area contributed by atoms with Crippen molar-refractivity contribution in [2.45, 2.75) is 0 Å². The first-order valence-corrected chi connectivity index (χ1v) is 5.98. The Morgan fingerprint density at radius 1 is 1.35 bits per heavy atom. The first-order valence-electron chi connectivity index (χ1n) is 5.16. The van der Waals surface area contributed by atoms with E-state index in [9.17, 15) is 5.11 Å². The van der Waals surface area contributed by atoms with Gasteiger partial charge < -0.3 is 10.8 Å². The normalized spacial score (nSPS) is 11.1. The number of nitrogens with zero attached hydrogens (tertiary/aromatic N) is 2. The van der Waals surface area contributed by atoms with Crippen LogP contribution in [0.5, 0.6) is 5.75 Å². The van der Waals surface area contributed by atoms with E-state index >= 15 is 0 Å². The molecule has 1 aromatic carbocycles. The minimum absolute atomic E-state index is 0.314. The molecule has 0 atom stereocenters. The Balaban J connectivity index is 2.25. The zero-order chi connectivity index (χ0) is 12.0. The van der Waals surface area contributed by atoms with Crippen LogP contribution in [0, 0.1) is 0 Å². The number of aryl methyl sites for hydroxylation is 1. The molecule has 0 amide bonds. The summed E-state index contributed by atoms with van der Waals surface area (Å²) in [6.07, 6.45) is 0. The van der Waals surface area contributed by atoms with Gasteiger partial charge in [0.2, 0.25) is 0 Å². The third-order valence-corrected chi connectivity index (χ3v) is 3.87. The summed E-state index contributed by atoms with van der Waals surface area (Å²) < 4.78 is 2.64. The number of phenols is 1. The van der Waals surface area contributed by atoms with Crippen LogP contribution >= 0.6 is 11.3 Å². The lowest BCUT2D eigenvalue weighted by atomic mass is 10.2. The summed E-state index contributed by atoms with van der Waals surface area (Å²) in [4.78, 5) is 1.05. The highest BCUT2D eigenvalue weighted by molar-refractivity contribution is 7.22. The van der Waals surface area contributed by atoms with Crippen molar-refractivity contribution >= 4 is 27.2 Å². The Bertz CT molecular complexity index is 699. The summed E-state index contributed by atoms with van der Waals surface area (Å²) in [6.45, 7) is 0. The van der Waals surface area contributed by atoms with Crippen LogP contribution in [0.1, 0.15) is 0 Å². The molecule has 0 aliphatic carbocycles. The predicted molar refractivity (Wildman–Crippen MR) is 70.1 cm³/mol. The van der Waals surface area contributed by atoms with E-state index in [2.05, 4.69) is 5.10 Å². The van der Waals surface area contributed by atoms with E-state index in [1.54, 1.807) is 10.7 Å². The number of phenolic OH excluding ortho intramolecular Hbond substituents is 1. The number of nitrogen functional groups attached to an aromatic ring is 1. The van der Waals surface area contributed by atoms with E-state index in [4.69, 9.17) is 5.73 Å². The molecule has 3 aromatic rings. The molecular formula is C12H11N3OS. The van der Waals surface area contributed by atoms with Crippen LogP contribution < -0.4 is 5.73 Å². The topological polar surface area (TPSA) is 64.1 Å². The average Bonchev–Trinajstić information content (AvgIpc) is 2.82. The highest BCUT2D eigenvalue weighted by atomic mass is 32.1. The zero-order valence-corrected chi connectivity index (χ0v) is 10.0. The number of benzene rings is 1. The fourth-order valence-corrected chi connectivity index (χ4v) is 3.01. The summed E-state index contributed by atoms with van der Waals surface area (Å²) in [6, 6.07) is 9.39. The number of aromatic hydroxyl groups is 1. The Kier molecular flexibility index (Phi) is 2.09. The second-order valence-electron chi connectivity index (χ2n) is 3.88. The molecule has 0 spiro atoms. The molecule has 4 nitrogen and oxygen atoms in total. The SMILES string of the molecule is Cn1nc(N)cc1-c1cc2cccc(O)c2s1. The second kappa shape index (κ2) is 3.49. The summed E-state index contributed by atoms with van der Waals surface area (Å²) in [7, 11) is 1.86. The second-order valence-corrected chi connectivity index (χ2v) is 4.94. The first-order chi connectivity index (χ1) is 8.15. The van der Waals surface area contributed by atoms with Gasteiger partial charge in [-0.15, -0.1) is 11.3 Å². The molecule has 3 N–H and O–H groups in total. The molecule has 0 radical (unpaired) electrons. The molecule has 86 valence electrons. The first kappa shape index (κ1) is 10.2. The standard InChI is InChI=1S/C12H11N3OS/c1-15-8(6-11(13)14-15)10-5-7-3-2-4-9(16)12(7)17-10/h2-6,16H,1H3,(H2,13,14). The lowest BCUT2D eigenvalue weighted by molar-refractivity contribution is 0.482. The van der Waals surface area contributed by atoms with Crippen LogP contribution in [0.4, 0.5) is 5.82 Å². The summed E-state index contributed by atoms with van der Waals surface area (Å²) in [5, 5.41) is 14.9. The van der Waals surface area contributed by atoms with Gasteiger partial charge in [0, 0.05) is 13.1 Å². The molecule has 0 saturated heterocycles. The fourth-order valence-electron chi connectivity index (χ4n) is 1.89. The minimum atomic E-state index is 0.314. The summed E-state index contributed by atoms with van der Waals surface area (Å²) in [5.41, 5.74) is 6.63. The van der Waals surface area contributed by atoms with E-state index in [1.807, 2.05) is 31.3 Å². The molecule has 0 aliphatic heterocycles. The molecule has 0 fully saturated rings. The molecule has 3 rings (SSSR count). The number of nitrogens with two attached hydrogens (primary N) is 1. The Hall–Kier alpha value is -2.01. The van der Waals surface area contributed by atoms with Gasteiger partial charge in [-0.05, 0) is 17.5 Å². The lowest BCUT2D eigenvalue weighted by Crippen LogP contribution is -1.93. The molecule has 5 heteroatoms. The molecule has 0 unspecified atom stereocenters. The van der Waals surface area contributed by atoms with Crippen LogP contribution in [-0.2, 0) is 7.05 Å². The zero-order valence-electron chi connectivity index (χ0n) is 9.21. The van der Waals surface area contributed by atoms with Crippen molar-refractivity contribution in [1.29, 1.82) is 0 Å². The number of hydrogen-bond donors (Lipinski definition) is 2. The highest BCUT2D eigenvalue weighted by Crippen LogP contribution is 2.38. The number of fused-ring (bicyclic) bond motifs is 1. The van der Waals surface area contributed by atoms with Gasteiger partial charge in [0.05, 0.1) is 15.3 Å². The number of anilines is 1. The van der Waals surface area contributed by atoms with Gasteiger partial charge in [-0.3, -0.25) is 4.68 Å². The van der Waals surface area contributed by atoms with Gasteiger partial charge in [-0.1, -0.05) is 12.1 Å². The Morgan fingerprint density at radius 2 is 2.18 bits per heavy atom. The van der Waals surface area contributed by atoms with E-state index < -0.39 is 0 Å². The number of aromatic nitrogens is 2. The van der Waals surface area contributed by atoms with Crippen molar-refractivity contribution in [2.24, 2.45) is 7.05 Å². The van der Waals surface area contributed by atoms with Crippen LogP contribution in [0.15, 0.2) is 30.3 Å². The van der Waals surface area contributed by atoms with Gasteiger partial charge in [0.25, 0.3) is 0 Å². The van der Waals surface area contributed by atoms with E-state index in [0.29, 0.717) is 11.6 Å². The largest absolute Gasteiger partial charge is 0.506 e. The molecule has 0 bridgehead atoms. The van der Waals surface area contributed by atoms with Crippen molar-refractivity contribution in [1.82, 2.24) is 9.78 Å². The summed E-state index contributed by atoms with van der Waals surface area (Å²) in [5.74, 6) is 0.818. The maximum absolute atomic E-state index is 9.77. The van der Waals surface area contributed by atoms with Gasteiger partial charge in [-0.2, -0.15) is 5.10 Å². The third kappa shape index (κ3) is 1.55. The van der Waals surface area contributed by atoms with Gasteiger partial charge in [0.15, 0.2) is 0 Å². The van der Waals surface area contributed by atoms with Crippen LogP contribution in [0.3, 0.4) is 0 Å². The maximum atomic E-state index is 9.77. The smallest absolute Gasteiger partial charge is 0.146 e. The van der Waals surface area contributed by atoms with Crippen LogP contribution in [0.2, 0.25) is 0 Å². The van der Waals surface area contributed by atoms with E-state index in [1.165, 1.54) is 11.3 Å². The minimum Gasteiger partial charge on any atom is -0.506 e. The van der Waals surface area contributed by atoms with Gasteiger partial charge >= 0.3 is 0 Å². The lowest BCUT2D eigenvalue weighted by Gasteiger charge is -1.95. The van der Waals surface area contributed by atoms with Crippen LogP contribution in [0.25, 0.3) is 20.7 Å². The molecule has 2 aromatic heterocycles. The van der Waals surface area contributed by atoms with Crippen molar-refractivity contribution in [3.63, 3.8) is 0 Å². The summed E-state index contributed by atoms with van der Waals surface area (Å²) >= 11 is 1.54. The van der Waals surface area contributed by atoms with Crippen molar-refractivity contribution in [3.05, 3.63) is 30.3 Å². The number of rotatable bonds is 1. The van der Waals surface area contributed by atoms with Crippen molar-refractivity contribution in [3.8, 4) is 16.3 Å².